The molecule has 0 unspecified atom stereocenters. The lowest BCUT2D eigenvalue weighted by Crippen LogP contribution is -2.13. The number of nitrogens with zero attached hydrogens (tertiary/aromatic N) is 1. The van der Waals surface area contributed by atoms with Gasteiger partial charge in [-0.15, -0.1) is 0 Å². The summed E-state index contributed by atoms with van der Waals surface area (Å²) in [7, 11) is 0. The molecule has 1 aromatic rings. The Morgan fingerprint density at radius 1 is 1.30 bits per heavy atom. The molecule has 0 aliphatic heterocycles. The van der Waals surface area contributed by atoms with Crippen LogP contribution in [0.1, 0.15) is 37.0 Å². The summed E-state index contributed by atoms with van der Waals surface area (Å²) in [6.45, 7) is 4.32. The number of pyridine rings is 1. The van der Waals surface area contributed by atoms with Crippen molar-refractivity contribution >= 4 is 11.8 Å². The SMILES string of the molecule is CCCCO/C(=C\C(=O)c1cccnc1)C(=O)OCC. The van der Waals surface area contributed by atoms with Gasteiger partial charge in [0.15, 0.2) is 5.78 Å². The number of hydrogen-bond acceptors (Lipinski definition) is 5. The van der Waals surface area contributed by atoms with Crippen molar-refractivity contribution in [2.75, 3.05) is 13.2 Å². The minimum absolute atomic E-state index is 0.0610. The fourth-order valence-corrected chi connectivity index (χ4v) is 1.40. The van der Waals surface area contributed by atoms with Crippen LogP contribution < -0.4 is 0 Å². The van der Waals surface area contributed by atoms with Crippen LogP contribution in [0.25, 0.3) is 0 Å². The Labute approximate surface area is 118 Å². The molecular formula is C15H19NO4. The van der Waals surface area contributed by atoms with E-state index in [-0.39, 0.29) is 18.1 Å². The van der Waals surface area contributed by atoms with Crippen molar-refractivity contribution in [3.8, 4) is 0 Å². The molecule has 0 saturated heterocycles. The third kappa shape index (κ3) is 5.22. The Kier molecular flexibility index (Phi) is 7.03. The first kappa shape index (κ1) is 15.9. The summed E-state index contributed by atoms with van der Waals surface area (Å²) in [5.41, 5.74) is 0.397. The summed E-state index contributed by atoms with van der Waals surface area (Å²) >= 11 is 0. The van der Waals surface area contributed by atoms with Gasteiger partial charge in [0.1, 0.15) is 0 Å². The highest BCUT2D eigenvalue weighted by atomic mass is 16.6. The average molecular weight is 277 g/mol. The van der Waals surface area contributed by atoms with E-state index in [2.05, 4.69) is 4.98 Å². The second-order valence-corrected chi connectivity index (χ2v) is 4.04. The van der Waals surface area contributed by atoms with Crippen LogP contribution in [0.4, 0.5) is 0 Å². The number of carbonyl (C=O) groups excluding carboxylic acids is 2. The number of esters is 1. The fraction of sp³-hybridized carbons (Fsp3) is 0.400. The van der Waals surface area contributed by atoms with Crippen molar-refractivity contribution in [1.82, 2.24) is 4.98 Å². The highest BCUT2D eigenvalue weighted by Gasteiger charge is 2.15. The van der Waals surface area contributed by atoms with E-state index in [1.54, 1.807) is 25.3 Å². The van der Waals surface area contributed by atoms with Gasteiger partial charge < -0.3 is 9.47 Å². The maximum absolute atomic E-state index is 12.0. The number of carbonyl (C=O) groups is 2. The lowest BCUT2D eigenvalue weighted by molar-refractivity contribution is -0.142. The first-order valence-electron chi connectivity index (χ1n) is 6.65. The van der Waals surface area contributed by atoms with E-state index < -0.39 is 5.97 Å². The first-order chi connectivity index (χ1) is 9.69. The summed E-state index contributed by atoms with van der Waals surface area (Å²) in [4.78, 5) is 27.6. The molecule has 1 aromatic heterocycles. The average Bonchev–Trinajstić information content (AvgIpc) is 2.47. The van der Waals surface area contributed by atoms with Crippen LogP contribution in [-0.4, -0.2) is 30.0 Å². The summed E-state index contributed by atoms with van der Waals surface area (Å²) < 4.78 is 10.2. The normalized spacial score (nSPS) is 11.0. The van der Waals surface area contributed by atoms with Gasteiger partial charge in [0.2, 0.25) is 5.76 Å². The highest BCUT2D eigenvalue weighted by Crippen LogP contribution is 2.07. The van der Waals surface area contributed by atoms with Gasteiger partial charge in [-0.05, 0) is 25.5 Å². The Morgan fingerprint density at radius 2 is 2.10 bits per heavy atom. The number of hydrogen-bond donors (Lipinski definition) is 0. The van der Waals surface area contributed by atoms with E-state index in [0.29, 0.717) is 12.2 Å². The van der Waals surface area contributed by atoms with Crippen LogP contribution in [0.2, 0.25) is 0 Å². The molecule has 0 atom stereocenters. The van der Waals surface area contributed by atoms with Crippen LogP contribution in [0.15, 0.2) is 36.4 Å². The van der Waals surface area contributed by atoms with Crippen LogP contribution >= 0.6 is 0 Å². The molecule has 1 heterocycles. The lowest BCUT2D eigenvalue weighted by atomic mass is 10.2. The molecule has 0 spiro atoms. The molecule has 0 N–H and O–H groups in total. The number of aromatic nitrogens is 1. The van der Waals surface area contributed by atoms with E-state index in [1.807, 2.05) is 6.92 Å². The zero-order valence-electron chi connectivity index (χ0n) is 11.8. The predicted octanol–water partition coefficient (Wildman–Crippen LogP) is 2.53. The smallest absolute Gasteiger partial charge is 0.373 e. The highest BCUT2D eigenvalue weighted by molar-refractivity contribution is 6.07. The Bertz CT molecular complexity index is 468. The standard InChI is InChI=1S/C15H19NO4/c1-3-5-9-20-14(15(18)19-4-2)10-13(17)12-7-6-8-16-11-12/h6-8,10-11H,3-5,9H2,1-2H3/b14-10-. The maximum atomic E-state index is 12.0. The lowest BCUT2D eigenvalue weighted by Gasteiger charge is -2.08. The molecule has 0 radical (unpaired) electrons. The molecule has 108 valence electrons. The van der Waals surface area contributed by atoms with Gasteiger partial charge in [-0.1, -0.05) is 13.3 Å². The summed E-state index contributed by atoms with van der Waals surface area (Å²) in [5, 5.41) is 0. The topological polar surface area (TPSA) is 65.5 Å². The number of unbranched alkanes of at least 4 members (excludes halogenated alkanes) is 1. The van der Waals surface area contributed by atoms with Crippen LogP contribution in [0, 0.1) is 0 Å². The Morgan fingerprint density at radius 3 is 2.70 bits per heavy atom. The summed E-state index contributed by atoms with van der Waals surface area (Å²) in [5.74, 6) is -1.02. The van der Waals surface area contributed by atoms with Gasteiger partial charge in [-0.25, -0.2) is 4.79 Å². The number of rotatable bonds is 8. The molecule has 0 saturated carbocycles. The van der Waals surface area contributed by atoms with Gasteiger partial charge in [-0.3, -0.25) is 9.78 Å². The predicted molar refractivity (Wildman–Crippen MR) is 74.1 cm³/mol. The molecule has 0 aliphatic carbocycles. The molecule has 0 amide bonds. The van der Waals surface area contributed by atoms with E-state index in [4.69, 9.17) is 9.47 Å². The van der Waals surface area contributed by atoms with Gasteiger partial charge in [-0.2, -0.15) is 0 Å². The minimum atomic E-state index is -0.624. The van der Waals surface area contributed by atoms with Gasteiger partial charge in [0.05, 0.1) is 13.2 Å². The molecule has 5 heteroatoms. The molecule has 5 nitrogen and oxygen atoms in total. The van der Waals surface area contributed by atoms with Crippen molar-refractivity contribution in [3.63, 3.8) is 0 Å². The second kappa shape index (κ2) is 8.85. The zero-order chi connectivity index (χ0) is 14.8. The van der Waals surface area contributed by atoms with E-state index in [9.17, 15) is 9.59 Å². The Balaban J connectivity index is 2.82. The Hall–Kier alpha value is -2.17. The molecule has 0 aliphatic rings. The van der Waals surface area contributed by atoms with Gasteiger partial charge in [0.25, 0.3) is 0 Å². The molecule has 20 heavy (non-hydrogen) atoms. The molecule has 1 rings (SSSR count). The zero-order valence-corrected chi connectivity index (χ0v) is 11.8. The van der Waals surface area contributed by atoms with Crippen LogP contribution in [0.5, 0.6) is 0 Å². The van der Waals surface area contributed by atoms with Crippen molar-refractivity contribution in [2.45, 2.75) is 26.7 Å². The van der Waals surface area contributed by atoms with Crippen molar-refractivity contribution in [3.05, 3.63) is 41.9 Å². The molecule has 0 aromatic carbocycles. The molecule has 0 fully saturated rings. The van der Waals surface area contributed by atoms with E-state index in [1.165, 1.54) is 6.20 Å². The third-order valence-electron chi connectivity index (χ3n) is 2.44. The van der Waals surface area contributed by atoms with Crippen LogP contribution in [0.3, 0.4) is 0 Å². The van der Waals surface area contributed by atoms with E-state index in [0.717, 1.165) is 18.9 Å². The summed E-state index contributed by atoms with van der Waals surface area (Å²) in [6, 6.07) is 3.28. The number of ketones is 1. The largest absolute Gasteiger partial charge is 0.486 e. The van der Waals surface area contributed by atoms with Crippen molar-refractivity contribution in [2.24, 2.45) is 0 Å². The number of ether oxygens (including phenoxy) is 2. The minimum Gasteiger partial charge on any atom is -0.486 e. The number of allylic oxidation sites excluding steroid dienone is 1. The third-order valence-corrected chi connectivity index (χ3v) is 2.44. The monoisotopic (exact) mass is 277 g/mol. The first-order valence-corrected chi connectivity index (χ1v) is 6.65. The van der Waals surface area contributed by atoms with Crippen molar-refractivity contribution in [1.29, 1.82) is 0 Å². The quantitative estimate of drug-likeness (QED) is 0.240. The van der Waals surface area contributed by atoms with Gasteiger partial charge in [0, 0.05) is 24.0 Å². The fourth-order valence-electron chi connectivity index (χ4n) is 1.40. The van der Waals surface area contributed by atoms with Gasteiger partial charge >= 0.3 is 5.97 Å². The van der Waals surface area contributed by atoms with E-state index >= 15 is 0 Å². The van der Waals surface area contributed by atoms with Crippen molar-refractivity contribution < 1.29 is 19.1 Å². The van der Waals surface area contributed by atoms with Crippen LogP contribution in [-0.2, 0) is 14.3 Å². The molecular weight excluding hydrogens is 258 g/mol. The maximum Gasteiger partial charge on any atom is 0.373 e. The molecule has 0 bridgehead atoms. The summed E-state index contributed by atoms with van der Waals surface area (Å²) in [6.07, 6.45) is 5.91. The second-order valence-electron chi connectivity index (χ2n) is 4.04.